The number of rotatable bonds is 5. The fourth-order valence-electron chi connectivity index (χ4n) is 3.18. The van der Waals surface area contributed by atoms with Crippen LogP contribution in [-0.4, -0.2) is 53.1 Å². The number of amides is 1. The molecule has 25 heavy (non-hydrogen) atoms. The summed E-state index contributed by atoms with van der Waals surface area (Å²) >= 11 is 0. The number of hydrogen-bond acceptors (Lipinski definition) is 5. The number of halogens is 1. The summed E-state index contributed by atoms with van der Waals surface area (Å²) in [4.78, 5) is 15.0. The second-order valence-corrected chi connectivity index (χ2v) is 7.65. The van der Waals surface area contributed by atoms with Crippen LogP contribution in [0.25, 0.3) is 0 Å². The van der Waals surface area contributed by atoms with E-state index in [4.69, 9.17) is 15.2 Å². The number of benzene rings is 1. The second-order valence-electron chi connectivity index (χ2n) is 6.08. The molecule has 1 saturated heterocycles. The molecule has 0 spiro atoms. The van der Waals surface area contributed by atoms with Gasteiger partial charge in [0.1, 0.15) is 13.2 Å². The summed E-state index contributed by atoms with van der Waals surface area (Å²) in [5, 5.41) is 0. The van der Waals surface area contributed by atoms with E-state index in [0.717, 1.165) is 25.8 Å². The van der Waals surface area contributed by atoms with Crippen molar-refractivity contribution in [3.05, 3.63) is 18.2 Å². The molecule has 3 rings (SSSR count). The van der Waals surface area contributed by atoms with Crippen LogP contribution in [-0.2, 0) is 15.6 Å². The molecule has 0 bridgehead atoms. The monoisotopic (exact) mass is 388 g/mol. The molecule has 8 heteroatoms. The minimum Gasteiger partial charge on any atom is -0.486 e. The van der Waals surface area contributed by atoms with Crippen LogP contribution in [0.15, 0.2) is 23.1 Å². The zero-order valence-corrected chi connectivity index (χ0v) is 15.8. The SMILES string of the molecule is Cl.NCC1CCCCN1C(=O)CCS(=O)c1ccc2c(c1)OCCO2. The predicted molar refractivity (Wildman–Crippen MR) is 99.0 cm³/mol. The van der Waals surface area contributed by atoms with Crippen molar-refractivity contribution in [1.29, 1.82) is 0 Å². The Morgan fingerprint density at radius 2 is 2.00 bits per heavy atom. The highest BCUT2D eigenvalue weighted by molar-refractivity contribution is 7.85. The lowest BCUT2D eigenvalue weighted by Gasteiger charge is -2.35. The van der Waals surface area contributed by atoms with Gasteiger partial charge in [-0.2, -0.15) is 0 Å². The average molecular weight is 389 g/mol. The summed E-state index contributed by atoms with van der Waals surface area (Å²) < 4.78 is 23.5. The molecule has 140 valence electrons. The summed E-state index contributed by atoms with van der Waals surface area (Å²) in [6.45, 7) is 2.29. The van der Waals surface area contributed by atoms with Crippen LogP contribution in [0.1, 0.15) is 25.7 Å². The molecule has 1 aromatic carbocycles. The van der Waals surface area contributed by atoms with E-state index in [1.165, 1.54) is 0 Å². The van der Waals surface area contributed by atoms with Crippen LogP contribution in [0.5, 0.6) is 11.5 Å². The quantitative estimate of drug-likeness (QED) is 0.830. The molecule has 2 N–H and O–H groups in total. The third-order valence-corrected chi connectivity index (χ3v) is 5.85. The van der Waals surface area contributed by atoms with E-state index < -0.39 is 10.8 Å². The maximum absolute atomic E-state index is 12.5. The van der Waals surface area contributed by atoms with Gasteiger partial charge in [-0.15, -0.1) is 12.4 Å². The maximum atomic E-state index is 12.5. The van der Waals surface area contributed by atoms with Crippen molar-refractivity contribution in [2.75, 3.05) is 32.1 Å². The molecule has 6 nitrogen and oxygen atoms in total. The first-order valence-corrected chi connectivity index (χ1v) is 9.78. The standard InChI is InChI=1S/C17H24N2O4S.ClH/c18-12-13-3-1-2-7-19(13)17(20)6-10-24(21)14-4-5-15-16(11-14)23-9-8-22-15;/h4-5,11,13H,1-3,6-10,12,18H2;1H. The lowest BCUT2D eigenvalue weighted by molar-refractivity contribution is -0.134. The number of hydrogen-bond donors (Lipinski definition) is 1. The highest BCUT2D eigenvalue weighted by Gasteiger charge is 2.25. The Hall–Kier alpha value is -1.31. The first kappa shape index (κ1) is 20.0. The Morgan fingerprint density at radius 3 is 2.76 bits per heavy atom. The summed E-state index contributed by atoms with van der Waals surface area (Å²) in [5.41, 5.74) is 5.76. The molecule has 2 heterocycles. The van der Waals surface area contributed by atoms with Crippen molar-refractivity contribution in [2.24, 2.45) is 5.73 Å². The smallest absolute Gasteiger partial charge is 0.223 e. The Bertz CT molecular complexity index is 629. The lowest BCUT2D eigenvalue weighted by atomic mass is 10.0. The van der Waals surface area contributed by atoms with Crippen LogP contribution >= 0.6 is 12.4 Å². The van der Waals surface area contributed by atoms with E-state index in [9.17, 15) is 9.00 Å². The molecular formula is C17H25ClN2O4S. The van der Waals surface area contributed by atoms with Crippen LogP contribution in [0.2, 0.25) is 0 Å². The molecule has 2 unspecified atom stereocenters. The van der Waals surface area contributed by atoms with Gasteiger partial charge in [-0.1, -0.05) is 0 Å². The minimum absolute atomic E-state index is 0. The summed E-state index contributed by atoms with van der Waals surface area (Å²) in [7, 11) is -1.23. The summed E-state index contributed by atoms with van der Waals surface area (Å²) in [6, 6.07) is 5.43. The van der Waals surface area contributed by atoms with Crippen molar-refractivity contribution < 1.29 is 18.5 Å². The van der Waals surface area contributed by atoms with Gasteiger partial charge in [0.05, 0.1) is 10.8 Å². The van der Waals surface area contributed by atoms with Crippen molar-refractivity contribution in [3.63, 3.8) is 0 Å². The third-order valence-electron chi connectivity index (χ3n) is 4.50. The molecule has 0 radical (unpaired) electrons. The molecule has 0 aromatic heterocycles. The number of carbonyl (C=O) groups excluding carboxylic acids is 1. The average Bonchev–Trinajstić information content (AvgIpc) is 2.65. The van der Waals surface area contributed by atoms with Gasteiger partial charge < -0.3 is 20.1 Å². The van der Waals surface area contributed by atoms with Crippen LogP contribution in [0, 0.1) is 0 Å². The number of nitrogens with two attached hydrogens (primary N) is 1. The molecule has 1 fully saturated rings. The van der Waals surface area contributed by atoms with E-state index in [2.05, 4.69) is 0 Å². The van der Waals surface area contributed by atoms with E-state index in [-0.39, 0.29) is 30.8 Å². The minimum atomic E-state index is -1.23. The molecule has 0 saturated carbocycles. The fourth-order valence-corrected chi connectivity index (χ4v) is 4.23. The van der Waals surface area contributed by atoms with Gasteiger partial charge in [0.25, 0.3) is 0 Å². The summed E-state index contributed by atoms with van der Waals surface area (Å²) in [5.74, 6) is 1.66. The van der Waals surface area contributed by atoms with E-state index >= 15 is 0 Å². The van der Waals surface area contributed by atoms with Crippen LogP contribution in [0.3, 0.4) is 0 Å². The molecule has 0 aliphatic carbocycles. The van der Waals surface area contributed by atoms with Crippen molar-refractivity contribution in [1.82, 2.24) is 4.90 Å². The van der Waals surface area contributed by atoms with Gasteiger partial charge >= 0.3 is 0 Å². The van der Waals surface area contributed by atoms with Crippen LogP contribution < -0.4 is 15.2 Å². The molecule has 1 aromatic rings. The predicted octanol–water partition coefficient (Wildman–Crippen LogP) is 1.72. The van der Waals surface area contributed by atoms with Crippen molar-refractivity contribution in [3.8, 4) is 11.5 Å². The Kier molecular flexibility index (Phi) is 7.53. The number of fused-ring (bicyclic) bond motifs is 1. The first-order valence-electron chi connectivity index (χ1n) is 8.46. The number of carbonyl (C=O) groups is 1. The second kappa shape index (κ2) is 9.40. The molecule has 1 amide bonds. The Morgan fingerprint density at radius 1 is 1.24 bits per heavy atom. The third kappa shape index (κ3) is 4.86. The van der Waals surface area contributed by atoms with Crippen molar-refractivity contribution >= 4 is 29.1 Å². The first-order chi connectivity index (χ1) is 11.7. The lowest BCUT2D eigenvalue weighted by Crippen LogP contribution is -2.47. The van der Waals surface area contributed by atoms with Gasteiger partial charge in [-0.25, -0.2) is 0 Å². The Labute approximate surface area is 156 Å². The van der Waals surface area contributed by atoms with Gasteiger partial charge in [-0.05, 0) is 31.4 Å². The largest absolute Gasteiger partial charge is 0.486 e. The highest BCUT2D eigenvalue weighted by Crippen LogP contribution is 2.31. The van der Waals surface area contributed by atoms with Crippen LogP contribution in [0.4, 0.5) is 0 Å². The molecule has 2 atom stereocenters. The van der Waals surface area contributed by atoms with Gasteiger partial charge in [0, 0.05) is 42.3 Å². The molecule has 2 aliphatic rings. The Balaban J connectivity index is 0.00000225. The van der Waals surface area contributed by atoms with Crippen molar-refractivity contribution in [2.45, 2.75) is 36.6 Å². The zero-order valence-electron chi connectivity index (χ0n) is 14.1. The van der Waals surface area contributed by atoms with Gasteiger partial charge in [-0.3, -0.25) is 9.00 Å². The topological polar surface area (TPSA) is 81.9 Å². The summed E-state index contributed by atoms with van der Waals surface area (Å²) in [6.07, 6.45) is 3.38. The van der Waals surface area contributed by atoms with E-state index in [1.54, 1.807) is 18.2 Å². The van der Waals surface area contributed by atoms with Gasteiger partial charge in [0.15, 0.2) is 11.5 Å². The number of likely N-dealkylation sites (tertiary alicyclic amines) is 1. The van der Waals surface area contributed by atoms with E-state index in [0.29, 0.717) is 41.9 Å². The maximum Gasteiger partial charge on any atom is 0.223 e. The highest BCUT2D eigenvalue weighted by atomic mass is 35.5. The normalized spacial score (nSPS) is 20.5. The van der Waals surface area contributed by atoms with E-state index in [1.807, 2.05) is 4.90 Å². The van der Waals surface area contributed by atoms with Gasteiger partial charge in [0.2, 0.25) is 5.91 Å². The number of nitrogens with zero attached hydrogens (tertiary/aromatic N) is 1. The molecular weight excluding hydrogens is 364 g/mol. The number of ether oxygens (including phenoxy) is 2. The molecule has 2 aliphatic heterocycles. The zero-order chi connectivity index (χ0) is 16.9. The number of piperidine rings is 1. The fraction of sp³-hybridized carbons (Fsp3) is 0.588.